The van der Waals surface area contributed by atoms with Crippen LogP contribution in [0.5, 0.6) is 0 Å². The maximum atomic E-state index is 12.9. The molecule has 2 aliphatic heterocycles. The predicted molar refractivity (Wildman–Crippen MR) is 90.8 cm³/mol. The topological polar surface area (TPSA) is 15.3 Å². The minimum atomic E-state index is -4.29. The fraction of sp³-hybridized carbons (Fsp3) is 0.625. The zero-order chi connectivity index (χ0) is 15.8. The first-order valence-electron chi connectivity index (χ1n) is 7.66. The number of nitrogens with one attached hydrogen (secondary N) is 1. The van der Waals surface area contributed by atoms with Gasteiger partial charge in [-0.25, -0.2) is 0 Å². The molecular formula is C16H21BrClF3N2. The van der Waals surface area contributed by atoms with Crippen molar-refractivity contribution in [1.82, 2.24) is 10.2 Å². The number of piperidine rings is 1. The molecule has 0 unspecified atom stereocenters. The van der Waals surface area contributed by atoms with Gasteiger partial charge in [0.05, 0.1) is 5.56 Å². The molecule has 2 saturated heterocycles. The second kappa shape index (κ2) is 7.30. The highest BCUT2D eigenvalue weighted by atomic mass is 79.9. The van der Waals surface area contributed by atoms with Crippen molar-refractivity contribution in [2.45, 2.75) is 32.0 Å². The van der Waals surface area contributed by atoms with E-state index in [1.54, 1.807) is 6.07 Å². The molecule has 0 atom stereocenters. The Balaban J connectivity index is 0.00000192. The molecular weight excluding hydrogens is 393 g/mol. The standard InChI is InChI=1S/C16H20BrF3N2.ClH/c17-14-8-12(7-13(9-14)16(18,19)20)10-22-6-3-15(11-22)1-4-21-5-2-15;/h7-9,21H,1-6,10-11H2;1H. The van der Waals surface area contributed by atoms with E-state index in [0.29, 0.717) is 16.4 Å². The number of likely N-dealkylation sites (tertiary alicyclic amines) is 1. The summed E-state index contributed by atoms with van der Waals surface area (Å²) in [5.41, 5.74) is 0.532. The molecule has 2 fully saturated rings. The number of benzene rings is 1. The molecule has 0 aromatic heterocycles. The lowest BCUT2D eigenvalue weighted by Gasteiger charge is -2.34. The molecule has 0 aliphatic carbocycles. The zero-order valence-electron chi connectivity index (χ0n) is 12.8. The summed E-state index contributed by atoms with van der Waals surface area (Å²) in [5, 5.41) is 3.38. The van der Waals surface area contributed by atoms with Crippen LogP contribution in [0.3, 0.4) is 0 Å². The Bertz CT molecular complexity index is 545. The molecule has 1 aromatic rings. The maximum absolute atomic E-state index is 12.9. The smallest absolute Gasteiger partial charge is 0.317 e. The normalized spacial score (nSPS) is 21.4. The molecule has 1 spiro atoms. The van der Waals surface area contributed by atoms with E-state index in [0.717, 1.165) is 44.2 Å². The van der Waals surface area contributed by atoms with Crippen LogP contribution in [0.15, 0.2) is 22.7 Å². The average Bonchev–Trinajstić information content (AvgIpc) is 2.80. The molecule has 0 saturated carbocycles. The summed E-state index contributed by atoms with van der Waals surface area (Å²) in [6.07, 6.45) is -0.778. The third kappa shape index (κ3) is 4.62. The zero-order valence-corrected chi connectivity index (χ0v) is 15.2. The van der Waals surface area contributed by atoms with Crippen molar-refractivity contribution in [1.29, 1.82) is 0 Å². The van der Waals surface area contributed by atoms with Crippen LogP contribution < -0.4 is 5.32 Å². The van der Waals surface area contributed by atoms with Crippen LogP contribution in [-0.2, 0) is 12.7 Å². The van der Waals surface area contributed by atoms with Gasteiger partial charge in [0.2, 0.25) is 0 Å². The van der Waals surface area contributed by atoms with E-state index in [9.17, 15) is 13.2 Å². The Hall–Kier alpha value is -0.300. The fourth-order valence-corrected chi connectivity index (χ4v) is 4.23. The van der Waals surface area contributed by atoms with E-state index >= 15 is 0 Å². The van der Waals surface area contributed by atoms with E-state index in [1.807, 2.05) is 0 Å². The maximum Gasteiger partial charge on any atom is 0.416 e. The first kappa shape index (κ1) is 19.0. The summed E-state index contributed by atoms with van der Waals surface area (Å²) < 4.78 is 39.2. The van der Waals surface area contributed by atoms with Gasteiger partial charge in [-0.2, -0.15) is 13.2 Å². The highest BCUT2D eigenvalue weighted by Gasteiger charge is 2.38. The van der Waals surface area contributed by atoms with Crippen LogP contribution in [0.1, 0.15) is 30.4 Å². The first-order chi connectivity index (χ1) is 10.4. The highest BCUT2D eigenvalue weighted by Crippen LogP contribution is 2.39. The second-order valence-electron chi connectivity index (χ2n) is 6.56. The summed E-state index contributed by atoms with van der Waals surface area (Å²) in [7, 11) is 0. The van der Waals surface area contributed by atoms with E-state index in [4.69, 9.17) is 0 Å². The first-order valence-corrected chi connectivity index (χ1v) is 8.45. The summed E-state index contributed by atoms with van der Waals surface area (Å²) in [5.74, 6) is 0. The van der Waals surface area contributed by atoms with Gasteiger partial charge in [0.15, 0.2) is 0 Å². The average molecular weight is 414 g/mol. The van der Waals surface area contributed by atoms with Gasteiger partial charge in [-0.05, 0) is 68.1 Å². The highest BCUT2D eigenvalue weighted by molar-refractivity contribution is 9.10. The molecule has 23 heavy (non-hydrogen) atoms. The molecule has 0 radical (unpaired) electrons. The van der Waals surface area contributed by atoms with E-state index < -0.39 is 11.7 Å². The van der Waals surface area contributed by atoms with Gasteiger partial charge in [0, 0.05) is 17.6 Å². The Labute approximate surface area is 149 Å². The van der Waals surface area contributed by atoms with Gasteiger partial charge in [-0.15, -0.1) is 12.4 Å². The van der Waals surface area contributed by atoms with Crippen molar-refractivity contribution < 1.29 is 13.2 Å². The molecule has 0 bridgehead atoms. The SMILES string of the molecule is Cl.FC(F)(F)c1cc(Br)cc(CN2CCC3(CCNCC3)C2)c1. The quantitative estimate of drug-likeness (QED) is 0.770. The number of alkyl halides is 3. The number of nitrogens with zero attached hydrogens (tertiary/aromatic N) is 1. The molecule has 3 rings (SSSR count). The Kier molecular flexibility index (Phi) is 6.04. The van der Waals surface area contributed by atoms with Crippen molar-refractivity contribution in [2.75, 3.05) is 26.2 Å². The van der Waals surface area contributed by atoms with Crippen LogP contribution in [0.4, 0.5) is 13.2 Å². The summed E-state index contributed by atoms with van der Waals surface area (Å²) >= 11 is 3.20. The number of halogens is 5. The lowest BCUT2D eigenvalue weighted by atomic mass is 9.78. The van der Waals surface area contributed by atoms with Crippen molar-refractivity contribution in [2.24, 2.45) is 5.41 Å². The molecule has 2 nitrogen and oxygen atoms in total. The summed E-state index contributed by atoms with van der Waals surface area (Å²) in [6, 6.07) is 4.21. The lowest BCUT2D eigenvalue weighted by molar-refractivity contribution is -0.137. The Morgan fingerprint density at radius 2 is 1.83 bits per heavy atom. The fourth-order valence-electron chi connectivity index (χ4n) is 3.69. The summed E-state index contributed by atoms with van der Waals surface area (Å²) in [6.45, 7) is 4.69. The van der Waals surface area contributed by atoms with Gasteiger partial charge in [-0.1, -0.05) is 15.9 Å². The summed E-state index contributed by atoms with van der Waals surface area (Å²) in [4.78, 5) is 2.30. The van der Waals surface area contributed by atoms with E-state index in [2.05, 4.69) is 26.1 Å². The third-order valence-electron chi connectivity index (χ3n) is 4.87. The largest absolute Gasteiger partial charge is 0.416 e. The molecule has 2 heterocycles. The molecule has 2 aliphatic rings. The number of hydrogen-bond donors (Lipinski definition) is 1. The number of rotatable bonds is 2. The van der Waals surface area contributed by atoms with Gasteiger partial charge in [-0.3, -0.25) is 4.90 Å². The van der Waals surface area contributed by atoms with Crippen molar-refractivity contribution >= 4 is 28.3 Å². The van der Waals surface area contributed by atoms with E-state index in [1.165, 1.54) is 18.9 Å². The molecule has 1 aromatic carbocycles. The predicted octanol–water partition coefficient (Wildman–Crippen LogP) is 4.47. The van der Waals surface area contributed by atoms with Crippen LogP contribution in [0, 0.1) is 5.41 Å². The van der Waals surface area contributed by atoms with Crippen molar-refractivity contribution in [3.8, 4) is 0 Å². The molecule has 0 amide bonds. The molecule has 7 heteroatoms. The molecule has 130 valence electrons. The lowest BCUT2D eigenvalue weighted by Crippen LogP contribution is -2.38. The Morgan fingerprint density at radius 3 is 2.48 bits per heavy atom. The van der Waals surface area contributed by atoms with Gasteiger partial charge in [0.25, 0.3) is 0 Å². The number of hydrogen-bond acceptors (Lipinski definition) is 2. The third-order valence-corrected chi connectivity index (χ3v) is 5.33. The van der Waals surface area contributed by atoms with Crippen LogP contribution in [0.25, 0.3) is 0 Å². The van der Waals surface area contributed by atoms with E-state index in [-0.39, 0.29) is 12.4 Å². The van der Waals surface area contributed by atoms with Crippen LogP contribution in [-0.4, -0.2) is 31.1 Å². The molecule has 1 N–H and O–H groups in total. The van der Waals surface area contributed by atoms with Gasteiger partial charge < -0.3 is 5.32 Å². The van der Waals surface area contributed by atoms with Gasteiger partial charge in [0.1, 0.15) is 0 Å². The minimum Gasteiger partial charge on any atom is -0.317 e. The van der Waals surface area contributed by atoms with Gasteiger partial charge >= 0.3 is 6.18 Å². The second-order valence-corrected chi connectivity index (χ2v) is 7.47. The monoisotopic (exact) mass is 412 g/mol. The van der Waals surface area contributed by atoms with Crippen LogP contribution >= 0.6 is 28.3 Å². The minimum absolute atomic E-state index is 0. The van der Waals surface area contributed by atoms with Crippen molar-refractivity contribution in [3.63, 3.8) is 0 Å². The van der Waals surface area contributed by atoms with Crippen molar-refractivity contribution in [3.05, 3.63) is 33.8 Å². The Morgan fingerprint density at radius 1 is 1.13 bits per heavy atom. The van der Waals surface area contributed by atoms with Crippen LogP contribution in [0.2, 0.25) is 0 Å².